The summed E-state index contributed by atoms with van der Waals surface area (Å²) in [4.78, 5) is 0. The molecule has 2 heteroatoms. The molecule has 72 valence electrons. The van der Waals surface area contributed by atoms with Crippen molar-refractivity contribution in [2.45, 2.75) is 33.6 Å². The molecule has 0 fully saturated rings. The second kappa shape index (κ2) is 3.69. The lowest BCUT2D eigenvalue weighted by molar-refractivity contribution is 0.445. The second-order valence-electron chi connectivity index (χ2n) is 3.21. The Morgan fingerprint density at radius 3 is 2.23 bits per heavy atom. The lowest BCUT2D eigenvalue weighted by Crippen LogP contribution is -1.93. The number of hydrogen-bond acceptors (Lipinski definition) is 2. The fraction of sp³-hybridized carbons (Fsp3) is 0.455. The van der Waals surface area contributed by atoms with Crippen molar-refractivity contribution < 1.29 is 10.2 Å². The van der Waals surface area contributed by atoms with Gasteiger partial charge >= 0.3 is 0 Å². The summed E-state index contributed by atoms with van der Waals surface area (Å²) in [7, 11) is 0. The Kier molecular flexibility index (Phi) is 2.81. The van der Waals surface area contributed by atoms with Crippen LogP contribution in [-0.2, 0) is 12.8 Å². The van der Waals surface area contributed by atoms with E-state index in [0.717, 1.165) is 29.5 Å². The van der Waals surface area contributed by atoms with Crippen LogP contribution in [0.1, 0.15) is 30.5 Å². The molecule has 0 aliphatic heterocycles. The second-order valence-corrected chi connectivity index (χ2v) is 3.21. The summed E-state index contributed by atoms with van der Waals surface area (Å²) in [6.45, 7) is 5.76. The molecule has 0 saturated heterocycles. The Bertz CT molecular complexity index is 316. The maximum Gasteiger partial charge on any atom is 0.122 e. The molecule has 0 atom stereocenters. The average molecular weight is 180 g/mol. The molecule has 1 rings (SSSR count). The number of rotatable bonds is 2. The number of aryl methyl sites for hydroxylation is 1. The van der Waals surface area contributed by atoms with E-state index in [-0.39, 0.29) is 5.75 Å². The lowest BCUT2D eigenvalue weighted by atomic mass is 9.99. The van der Waals surface area contributed by atoms with Gasteiger partial charge in [0, 0.05) is 5.56 Å². The molecule has 0 aliphatic rings. The molecule has 0 saturated carbocycles. The first-order chi connectivity index (χ1) is 6.11. The van der Waals surface area contributed by atoms with Crippen LogP contribution in [0.5, 0.6) is 11.5 Å². The van der Waals surface area contributed by atoms with Crippen LogP contribution in [-0.4, -0.2) is 10.2 Å². The molecule has 0 amide bonds. The highest BCUT2D eigenvalue weighted by atomic mass is 16.3. The predicted octanol–water partition coefficient (Wildman–Crippen LogP) is 2.53. The van der Waals surface area contributed by atoms with Gasteiger partial charge < -0.3 is 10.2 Å². The molecule has 0 spiro atoms. The van der Waals surface area contributed by atoms with Gasteiger partial charge in [0.15, 0.2) is 0 Å². The van der Waals surface area contributed by atoms with E-state index >= 15 is 0 Å². The Morgan fingerprint density at radius 2 is 1.77 bits per heavy atom. The summed E-state index contributed by atoms with van der Waals surface area (Å²) in [6.07, 6.45) is 1.49. The van der Waals surface area contributed by atoms with Gasteiger partial charge in [-0.2, -0.15) is 0 Å². The zero-order valence-corrected chi connectivity index (χ0v) is 8.39. The molecule has 13 heavy (non-hydrogen) atoms. The van der Waals surface area contributed by atoms with Crippen LogP contribution in [0.2, 0.25) is 0 Å². The van der Waals surface area contributed by atoms with Gasteiger partial charge in [-0.1, -0.05) is 13.8 Å². The summed E-state index contributed by atoms with van der Waals surface area (Å²) in [5.74, 6) is 0.631. The first kappa shape index (κ1) is 9.90. The van der Waals surface area contributed by atoms with Gasteiger partial charge in [-0.15, -0.1) is 0 Å². The minimum Gasteiger partial charge on any atom is -0.508 e. The van der Waals surface area contributed by atoms with Gasteiger partial charge in [-0.25, -0.2) is 0 Å². The Morgan fingerprint density at radius 1 is 1.15 bits per heavy atom. The average Bonchev–Trinajstić information content (AvgIpc) is 2.12. The minimum absolute atomic E-state index is 0.284. The van der Waals surface area contributed by atoms with Crippen molar-refractivity contribution in [1.29, 1.82) is 0 Å². The van der Waals surface area contributed by atoms with Crippen molar-refractivity contribution in [1.82, 2.24) is 0 Å². The molecule has 1 aromatic carbocycles. The zero-order valence-electron chi connectivity index (χ0n) is 8.39. The topological polar surface area (TPSA) is 40.5 Å². The summed E-state index contributed by atoms with van der Waals surface area (Å²) < 4.78 is 0. The number of hydrogen-bond donors (Lipinski definition) is 2. The lowest BCUT2D eigenvalue weighted by Gasteiger charge is -2.11. The van der Waals surface area contributed by atoms with E-state index in [4.69, 9.17) is 0 Å². The summed E-state index contributed by atoms with van der Waals surface area (Å²) in [6, 6.07) is 1.64. The van der Waals surface area contributed by atoms with Crippen LogP contribution in [0.25, 0.3) is 0 Å². The fourth-order valence-corrected chi connectivity index (χ4v) is 1.57. The van der Waals surface area contributed by atoms with E-state index in [1.54, 1.807) is 6.07 Å². The van der Waals surface area contributed by atoms with Crippen LogP contribution in [0.4, 0.5) is 0 Å². The van der Waals surface area contributed by atoms with Crippen LogP contribution in [0.15, 0.2) is 6.07 Å². The highest BCUT2D eigenvalue weighted by molar-refractivity contribution is 5.51. The molecular weight excluding hydrogens is 164 g/mol. The van der Waals surface area contributed by atoms with E-state index in [0.29, 0.717) is 5.75 Å². The van der Waals surface area contributed by atoms with Gasteiger partial charge in [0.25, 0.3) is 0 Å². The van der Waals surface area contributed by atoms with E-state index in [2.05, 4.69) is 0 Å². The summed E-state index contributed by atoms with van der Waals surface area (Å²) in [5, 5.41) is 19.3. The highest BCUT2D eigenvalue weighted by Gasteiger charge is 2.11. The van der Waals surface area contributed by atoms with E-state index in [1.807, 2.05) is 20.8 Å². The number of phenolic OH excluding ortho intramolecular Hbond substituents is 2. The normalized spacial score (nSPS) is 10.4. The number of phenols is 2. The van der Waals surface area contributed by atoms with Crippen molar-refractivity contribution in [3.05, 3.63) is 22.8 Å². The predicted molar refractivity (Wildman–Crippen MR) is 53.3 cm³/mol. The third-order valence-corrected chi connectivity index (χ3v) is 2.47. The molecule has 0 radical (unpaired) electrons. The maximum absolute atomic E-state index is 9.78. The van der Waals surface area contributed by atoms with E-state index in [9.17, 15) is 10.2 Å². The SMILES string of the molecule is CCc1cc(O)c(C)c(CC)c1O. The number of aromatic hydroxyl groups is 2. The fourth-order valence-electron chi connectivity index (χ4n) is 1.57. The molecule has 0 heterocycles. The smallest absolute Gasteiger partial charge is 0.122 e. The third kappa shape index (κ3) is 1.62. The van der Waals surface area contributed by atoms with Crippen molar-refractivity contribution in [2.75, 3.05) is 0 Å². The molecule has 0 bridgehead atoms. The van der Waals surface area contributed by atoms with E-state index in [1.165, 1.54) is 0 Å². The highest BCUT2D eigenvalue weighted by Crippen LogP contribution is 2.32. The summed E-state index contributed by atoms with van der Waals surface area (Å²) >= 11 is 0. The molecule has 0 aromatic heterocycles. The Hall–Kier alpha value is -1.18. The van der Waals surface area contributed by atoms with Gasteiger partial charge in [0.1, 0.15) is 11.5 Å². The van der Waals surface area contributed by atoms with Crippen molar-refractivity contribution in [3.8, 4) is 11.5 Å². The molecular formula is C11H16O2. The third-order valence-electron chi connectivity index (χ3n) is 2.47. The molecule has 0 aliphatic carbocycles. The van der Waals surface area contributed by atoms with Crippen molar-refractivity contribution in [3.63, 3.8) is 0 Å². The van der Waals surface area contributed by atoms with Gasteiger partial charge in [0.2, 0.25) is 0 Å². The number of benzene rings is 1. The largest absolute Gasteiger partial charge is 0.508 e. The first-order valence-corrected chi connectivity index (χ1v) is 4.65. The van der Waals surface area contributed by atoms with Gasteiger partial charge in [-0.3, -0.25) is 0 Å². The minimum atomic E-state index is 0.284. The van der Waals surface area contributed by atoms with Crippen LogP contribution < -0.4 is 0 Å². The van der Waals surface area contributed by atoms with Crippen molar-refractivity contribution in [2.24, 2.45) is 0 Å². The molecule has 0 unspecified atom stereocenters. The van der Waals surface area contributed by atoms with Gasteiger partial charge in [-0.05, 0) is 37.0 Å². The molecule has 2 N–H and O–H groups in total. The quantitative estimate of drug-likeness (QED) is 0.686. The standard InChI is InChI=1S/C11H16O2/c1-4-8-6-10(12)7(3)9(5-2)11(8)13/h6,12-13H,4-5H2,1-3H3. The first-order valence-electron chi connectivity index (χ1n) is 4.65. The monoisotopic (exact) mass is 180 g/mol. The van der Waals surface area contributed by atoms with Crippen LogP contribution >= 0.6 is 0 Å². The van der Waals surface area contributed by atoms with Crippen LogP contribution in [0.3, 0.4) is 0 Å². The van der Waals surface area contributed by atoms with Crippen molar-refractivity contribution >= 4 is 0 Å². The molecule has 2 nitrogen and oxygen atoms in total. The zero-order chi connectivity index (χ0) is 10.0. The molecule has 1 aromatic rings. The van der Waals surface area contributed by atoms with Gasteiger partial charge in [0.05, 0.1) is 0 Å². The summed E-state index contributed by atoms with van der Waals surface area (Å²) in [5.41, 5.74) is 2.47. The maximum atomic E-state index is 9.78. The van der Waals surface area contributed by atoms with E-state index < -0.39 is 0 Å². The Balaban J connectivity index is 3.39. The Labute approximate surface area is 78.8 Å². The van der Waals surface area contributed by atoms with Crippen LogP contribution in [0, 0.1) is 6.92 Å².